The summed E-state index contributed by atoms with van der Waals surface area (Å²) >= 11 is 0. The van der Waals surface area contributed by atoms with Gasteiger partial charge in [-0.05, 0) is 43.1 Å². The average Bonchev–Trinajstić information content (AvgIpc) is 3.16. The first kappa shape index (κ1) is 15.1. The quantitative estimate of drug-likeness (QED) is 0.773. The monoisotopic (exact) mass is 329 g/mol. The zero-order valence-corrected chi connectivity index (χ0v) is 13.2. The number of piperidine rings is 1. The maximum absolute atomic E-state index is 12.6. The van der Waals surface area contributed by atoms with E-state index in [1.54, 1.807) is 11.0 Å². The molecule has 0 spiro atoms. The van der Waals surface area contributed by atoms with Crippen LogP contribution in [0.15, 0.2) is 18.2 Å². The first-order valence-electron chi connectivity index (χ1n) is 8.27. The van der Waals surface area contributed by atoms with Crippen LogP contribution in [-0.4, -0.2) is 47.9 Å². The number of nitrogens with one attached hydrogen (secondary N) is 2. The van der Waals surface area contributed by atoms with Crippen LogP contribution >= 0.6 is 0 Å². The number of amides is 3. The number of benzene rings is 1. The fourth-order valence-electron chi connectivity index (χ4n) is 3.55. The first-order chi connectivity index (χ1) is 11.6. The van der Waals surface area contributed by atoms with Gasteiger partial charge in [-0.15, -0.1) is 0 Å². The molecule has 2 fully saturated rings. The topological polar surface area (TPSA) is 87.7 Å². The molecule has 2 saturated heterocycles. The zero-order valence-electron chi connectivity index (χ0n) is 13.2. The Bertz CT molecular complexity index is 712. The Kier molecular flexibility index (Phi) is 3.72. The Morgan fingerprint density at radius 2 is 2.04 bits per heavy atom. The summed E-state index contributed by atoms with van der Waals surface area (Å²) in [7, 11) is 0. The molecule has 0 radical (unpaired) electrons. The third-order valence-electron chi connectivity index (χ3n) is 4.81. The molecule has 3 amide bonds. The van der Waals surface area contributed by atoms with E-state index in [0.717, 1.165) is 30.8 Å². The molecule has 3 heterocycles. The van der Waals surface area contributed by atoms with Crippen molar-refractivity contribution in [3.05, 3.63) is 29.3 Å². The van der Waals surface area contributed by atoms with E-state index in [1.807, 2.05) is 12.1 Å². The lowest BCUT2D eigenvalue weighted by Crippen LogP contribution is -2.52. The zero-order chi connectivity index (χ0) is 16.7. The van der Waals surface area contributed by atoms with E-state index < -0.39 is 6.04 Å². The van der Waals surface area contributed by atoms with Gasteiger partial charge in [-0.25, -0.2) is 0 Å². The van der Waals surface area contributed by atoms with Crippen LogP contribution in [0.3, 0.4) is 0 Å². The Labute approximate surface area is 139 Å². The van der Waals surface area contributed by atoms with E-state index >= 15 is 0 Å². The number of ether oxygens (including phenoxy) is 1. The molecule has 0 aromatic heterocycles. The second kappa shape index (κ2) is 5.90. The number of carbonyl (C=O) groups is 3. The first-order valence-corrected chi connectivity index (χ1v) is 8.27. The van der Waals surface area contributed by atoms with Crippen molar-refractivity contribution in [2.75, 3.05) is 13.1 Å². The molecule has 24 heavy (non-hydrogen) atoms. The smallest absolute Gasteiger partial charge is 0.255 e. The van der Waals surface area contributed by atoms with Crippen LogP contribution in [0.1, 0.15) is 35.2 Å². The van der Waals surface area contributed by atoms with Crippen molar-refractivity contribution in [3.8, 4) is 5.75 Å². The van der Waals surface area contributed by atoms with Crippen LogP contribution in [0.25, 0.3) is 0 Å². The molecule has 4 rings (SSSR count). The predicted molar refractivity (Wildman–Crippen MR) is 84.4 cm³/mol. The number of carbonyl (C=O) groups excluding carboxylic acids is 3. The molecule has 7 nitrogen and oxygen atoms in total. The van der Waals surface area contributed by atoms with Gasteiger partial charge in [0.25, 0.3) is 5.91 Å². The Morgan fingerprint density at radius 1 is 1.17 bits per heavy atom. The van der Waals surface area contributed by atoms with E-state index in [-0.39, 0.29) is 30.2 Å². The highest BCUT2D eigenvalue weighted by atomic mass is 16.5. The van der Waals surface area contributed by atoms with Gasteiger partial charge in [-0.3, -0.25) is 19.7 Å². The molecular weight excluding hydrogens is 310 g/mol. The van der Waals surface area contributed by atoms with E-state index in [9.17, 15) is 14.4 Å². The molecule has 2 N–H and O–H groups in total. The lowest BCUT2D eigenvalue weighted by molar-refractivity contribution is -0.136. The second-order valence-electron chi connectivity index (χ2n) is 6.45. The fourth-order valence-corrected chi connectivity index (χ4v) is 3.55. The summed E-state index contributed by atoms with van der Waals surface area (Å²) in [5.41, 5.74) is 1.48. The highest BCUT2D eigenvalue weighted by molar-refractivity contribution is 6.05. The van der Waals surface area contributed by atoms with Crippen LogP contribution in [0, 0.1) is 0 Å². The van der Waals surface area contributed by atoms with Gasteiger partial charge in [0.1, 0.15) is 17.9 Å². The molecule has 0 bridgehead atoms. The van der Waals surface area contributed by atoms with Crippen molar-refractivity contribution in [1.29, 1.82) is 0 Å². The predicted octanol–water partition coefficient (Wildman–Crippen LogP) is 0.188. The highest BCUT2D eigenvalue weighted by Gasteiger charge is 2.39. The van der Waals surface area contributed by atoms with E-state index in [2.05, 4.69) is 10.6 Å². The van der Waals surface area contributed by atoms with Crippen LogP contribution in [0.2, 0.25) is 0 Å². The summed E-state index contributed by atoms with van der Waals surface area (Å²) in [4.78, 5) is 37.5. The molecule has 3 aliphatic heterocycles. The molecule has 0 saturated carbocycles. The normalized spacial score (nSPS) is 26.5. The van der Waals surface area contributed by atoms with Gasteiger partial charge in [0.15, 0.2) is 0 Å². The van der Waals surface area contributed by atoms with Gasteiger partial charge in [0.2, 0.25) is 11.8 Å². The highest BCUT2D eigenvalue weighted by Crippen LogP contribution is 2.30. The minimum absolute atomic E-state index is 0.159. The molecule has 0 aliphatic carbocycles. The van der Waals surface area contributed by atoms with Crippen molar-refractivity contribution in [2.45, 2.75) is 38.0 Å². The maximum atomic E-state index is 12.6. The molecule has 3 aliphatic rings. The lowest BCUT2D eigenvalue weighted by atomic mass is 10.0. The Hall–Kier alpha value is -2.41. The standard InChI is InChI=1S/C17H19N3O4/c21-15-4-3-14(16(22)19-15)20-9-10-7-11(1-2-13(10)17(20)23)24-12-5-6-18-8-12/h1-2,7,12,14,18H,3-6,8-9H2,(H,19,21,22)/t12-,14?/m0/s1. The van der Waals surface area contributed by atoms with Crippen molar-refractivity contribution in [2.24, 2.45) is 0 Å². The summed E-state index contributed by atoms with van der Waals surface area (Å²) < 4.78 is 5.94. The van der Waals surface area contributed by atoms with Gasteiger partial charge < -0.3 is 15.0 Å². The molecular formula is C17H19N3O4. The van der Waals surface area contributed by atoms with Gasteiger partial charge in [-0.1, -0.05) is 0 Å². The van der Waals surface area contributed by atoms with Crippen LogP contribution in [0.5, 0.6) is 5.75 Å². The van der Waals surface area contributed by atoms with E-state index in [0.29, 0.717) is 18.5 Å². The van der Waals surface area contributed by atoms with Gasteiger partial charge in [0.05, 0.1) is 0 Å². The van der Waals surface area contributed by atoms with Crippen molar-refractivity contribution < 1.29 is 19.1 Å². The van der Waals surface area contributed by atoms with Crippen LogP contribution in [-0.2, 0) is 16.1 Å². The number of hydrogen-bond donors (Lipinski definition) is 2. The summed E-state index contributed by atoms with van der Waals surface area (Å²) in [6.07, 6.45) is 1.77. The Balaban J connectivity index is 1.51. The number of nitrogens with zero attached hydrogens (tertiary/aromatic N) is 1. The molecule has 2 atom stereocenters. The lowest BCUT2D eigenvalue weighted by Gasteiger charge is -2.29. The van der Waals surface area contributed by atoms with Crippen molar-refractivity contribution in [3.63, 3.8) is 0 Å². The fraction of sp³-hybridized carbons (Fsp3) is 0.471. The molecule has 1 unspecified atom stereocenters. The van der Waals surface area contributed by atoms with Gasteiger partial charge in [0, 0.05) is 25.1 Å². The summed E-state index contributed by atoms with van der Waals surface area (Å²) in [6.45, 7) is 2.16. The van der Waals surface area contributed by atoms with Gasteiger partial charge >= 0.3 is 0 Å². The minimum Gasteiger partial charge on any atom is -0.489 e. The van der Waals surface area contributed by atoms with Crippen molar-refractivity contribution in [1.82, 2.24) is 15.5 Å². The SMILES string of the molecule is O=C1CCC(N2Cc3cc(O[C@H]4CCNC4)ccc3C2=O)C(=O)N1. The summed E-state index contributed by atoms with van der Waals surface area (Å²) in [6, 6.07) is 4.88. The molecule has 7 heteroatoms. The largest absolute Gasteiger partial charge is 0.489 e. The Morgan fingerprint density at radius 3 is 2.79 bits per heavy atom. The number of rotatable bonds is 3. The van der Waals surface area contributed by atoms with Crippen LogP contribution < -0.4 is 15.4 Å². The van der Waals surface area contributed by atoms with E-state index in [1.165, 1.54) is 0 Å². The number of imide groups is 1. The minimum atomic E-state index is -0.578. The van der Waals surface area contributed by atoms with Crippen LogP contribution in [0.4, 0.5) is 0 Å². The molecule has 126 valence electrons. The third kappa shape index (κ3) is 2.65. The van der Waals surface area contributed by atoms with E-state index in [4.69, 9.17) is 4.74 Å². The number of hydrogen-bond acceptors (Lipinski definition) is 5. The maximum Gasteiger partial charge on any atom is 0.255 e. The molecule has 1 aromatic rings. The third-order valence-corrected chi connectivity index (χ3v) is 4.81. The van der Waals surface area contributed by atoms with Crippen molar-refractivity contribution >= 4 is 17.7 Å². The van der Waals surface area contributed by atoms with Gasteiger partial charge in [-0.2, -0.15) is 0 Å². The average molecular weight is 329 g/mol. The summed E-state index contributed by atoms with van der Waals surface area (Å²) in [5.74, 6) is -0.0730. The second-order valence-corrected chi connectivity index (χ2v) is 6.45. The number of fused-ring (bicyclic) bond motifs is 1. The summed E-state index contributed by atoms with van der Waals surface area (Å²) in [5, 5.41) is 5.56. The molecule has 1 aromatic carbocycles.